The monoisotopic (exact) mass is 333 g/mol. The fourth-order valence-corrected chi connectivity index (χ4v) is 2.48. The Bertz CT molecular complexity index is 402. The molecule has 0 aliphatic rings. The average Bonchev–Trinajstić information content (AvgIpc) is 2.21. The Hall–Kier alpha value is -0.410. The van der Waals surface area contributed by atoms with Crippen molar-refractivity contribution in [3.8, 4) is 5.75 Å². The number of hydrogen-bond acceptors (Lipinski definition) is 2. The van der Waals surface area contributed by atoms with Crippen LogP contribution < -0.4 is 10.1 Å². The van der Waals surface area contributed by atoms with Crippen LogP contribution in [0.15, 0.2) is 16.6 Å². The summed E-state index contributed by atoms with van der Waals surface area (Å²) in [6.07, 6.45) is 1.09. The van der Waals surface area contributed by atoms with Crippen molar-refractivity contribution in [2.45, 2.75) is 34.1 Å². The van der Waals surface area contributed by atoms with Gasteiger partial charge in [-0.05, 0) is 46.8 Å². The first kappa shape index (κ1) is 15.6. The minimum absolute atomic E-state index is 0.314. The SMILES string of the molecule is CCOc1c(Br)cc(Cl)cc1NCCC(C)(C)C. The Labute approximate surface area is 123 Å². The number of halogens is 2. The predicted octanol–water partition coefficient (Wildman–Crippen LogP) is 5.35. The van der Waals surface area contributed by atoms with Gasteiger partial charge in [0.15, 0.2) is 5.75 Å². The zero-order valence-corrected chi connectivity index (χ0v) is 13.8. The molecule has 18 heavy (non-hydrogen) atoms. The van der Waals surface area contributed by atoms with Crippen LogP contribution in [0.25, 0.3) is 0 Å². The Morgan fingerprint density at radius 1 is 1.33 bits per heavy atom. The second kappa shape index (κ2) is 6.67. The number of hydrogen-bond donors (Lipinski definition) is 1. The van der Waals surface area contributed by atoms with Crippen LogP contribution >= 0.6 is 27.5 Å². The summed E-state index contributed by atoms with van der Waals surface area (Å²) in [6, 6.07) is 3.75. The van der Waals surface area contributed by atoms with Gasteiger partial charge in [0.1, 0.15) is 0 Å². The molecule has 0 spiro atoms. The van der Waals surface area contributed by atoms with E-state index >= 15 is 0 Å². The lowest BCUT2D eigenvalue weighted by Crippen LogP contribution is -2.13. The highest BCUT2D eigenvalue weighted by Crippen LogP contribution is 2.36. The maximum Gasteiger partial charge on any atom is 0.156 e. The van der Waals surface area contributed by atoms with Crippen LogP contribution in [0.1, 0.15) is 34.1 Å². The van der Waals surface area contributed by atoms with Crippen molar-refractivity contribution in [1.82, 2.24) is 0 Å². The number of ether oxygens (including phenoxy) is 1. The van der Waals surface area contributed by atoms with Crippen LogP contribution in [0.2, 0.25) is 5.02 Å². The molecule has 2 nitrogen and oxygen atoms in total. The van der Waals surface area contributed by atoms with Crippen molar-refractivity contribution >= 4 is 33.2 Å². The first-order valence-electron chi connectivity index (χ1n) is 6.19. The molecule has 1 aromatic carbocycles. The zero-order valence-electron chi connectivity index (χ0n) is 11.4. The van der Waals surface area contributed by atoms with Gasteiger partial charge in [-0.2, -0.15) is 0 Å². The van der Waals surface area contributed by atoms with Gasteiger partial charge in [-0.1, -0.05) is 32.4 Å². The third-order valence-corrected chi connectivity index (χ3v) is 3.29. The predicted molar refractivity (Wildman–Crippen MR) is 82.9 cm³/mol. The molecule has 4 heteroatoms. The molecule has 0 radical (unpaired) electrons. The van der Waals surface area contributed by atoms with Gasteiger partial charge in [0.05, 0.1) is 16.8 Å². The molecule has 0 fully saturated rings. The highest BCUT2D eigenvalue weighted by molar-refractivity contribution is 9.10. The summed E-state index contributed by atoms with van der Waals surface area (Å²) in [5.41, 5.74) is 1.26. The van der Waals surface area contributed by atoms with Gasteiger partial charge in [0, 0.05) is 11.6 Å². The van der Waals surface area contributed by atoms with E-state index in [-0.39, 0.29) is 0 Å². The Morgan fingerprint density at radius 2 is 2.00 bits per heavy atom. The van der Waals surface area contributed by atoms with Crippen LogP contribution in [0.4, 0.5) is 5.69 Å². The van der Waals surface area contributed by atoms with Gasteiger partial charge in [-0.25, -0.2) is 0 Å². The van der Waals surface area contributed by atoms with Crippen LogP contribution in [0.3, 0.4) is 0 Å². The minimum atomic E-state index is 0.314. The highest BCUT2D eigenvalue weighted by Gasteiger charge is 2.12. The van der Waals surface area contributed by atoms with Crippen molar-refractivity contribution < 1.29 is 4.74 Å². The smallest absolute Gasteiger partial charge is 0.156 e. The number of rotatable bonds is 5. The second-order valence-corrected chi connectivity index (χ2v) is 6.73. The molecule has 0 saturated carbocycles. The molecule has 0 amide bonds. The Kier molecular flexibility index (Phi) is 5.80. The minimum Gasteiger partial charge on any atom is -0.491 e. The highest BCUT2D eigenvalue weighted by atomic mass is 79.9. The molecule has 0 aromatic heterocycles. The summed E-state index contributed by atoms with van der Waals surface area (Å²) in [7, 11) is 0. The van der Waals surface area contributed by atoms with Crippen molar-refractivity contribution in [2.75, 3.05) is 18.5 Å². The molecule has 0 saturated heterocycles. The van der Waals surface area contributed by atoms with Crippen molar-refractivity contribution in [1.29, 1.82) is 0 Å². The zero-order chi connectivity index (χ0) is 13.8. The first-order valence-corrected chi connectivity index (χ1v) is 7.36. The van der Waals surface area contributed by atoms with Gasteiger partial charge in [0.2, 0.25) is 0 Å². The molecule has 0 unspecified atom stereocenters. The maximum atomic E-state index is 6.07. The molecule has 0 atom stereocenters. The molecule has 0 bridgehead atoms. The fourth-order valence-electron chi connectivity index (χ4n) is 1.55. The van der Waals surface area contributed by atoms with E-state index in [0.717, 1.165) is 28.9 Å². The molecule has 102 valence electrons. The molecule has 0 aliphatic carbocycles. The Morgan fingerprint density at radius 3 is 2.56 bits per heavy atom. The van der Waals surface area contributed by atoms with Gasteiger partial charge >= 0.3 is 0 Å². The van der Waals surface area contributed by atoms with E-state index in [0.29, 0.717) is 17.0 Å². The van der Waals surface area contributed by atoms with E-state index in [1.165, 1.54) is 0 Å². The van der Waals surface area contributed by atoms with Crippen LogP contribution in [0.5, 0.6) is 5.75 Å². The summed E-state index contributed by atoms with van der Waals surface area (Å²) in [5.74, 6) is 0.829. The maximum absolute atomic E-state index is 6.07. The molecule has 0 aliphatic heterocycles. The summed E-state index contributed by atoms with van der Waals surface area (Å²) in [6.45, 7) is 10.2. The topological polar surface area (TPSA) is 21.3 Å². The van der Waals surface area contributed by atoms with E-state index in [2.05, 4.69) is 42.0 Å². The lowest BCUT2D eigenvalue weighted by Gasteiger charge is -2.20. The third-order valence-electron chi connectivity index (χ3n) is 2.49. The largest absolute Gasteiger partial charge is 0.491 e. The average molecular weight is 335 g/mol. The van der Waals surface area contributed by atoms with E-state index < -0.39 is 0 Å². The first-order chi connectivity index (χ1) is 8.33. The second-order valence-electron chi connectivity index (χ2n) is 5.43. The van der Waals surface area contributed by atoms with E-state index in [1.807, 2.05) is 19.1 Å². The van der Waals surface area contributed by atoms with Crippen LogP contribution in [-0.2, 0) is 0 Å². The fraction of sp³-hybridized carbons (Fsp3) is 0.571. The number of nitrogens with one attached hydrogen (secondary N) is 1. The lowest BCUT2D eigenvalue weighted by molar-refractivity contribution is 0.339. The molecular formula is C14H21BrClNO. The van der Waals surface area contributed by atoms with E-state index in [9.17, 15) is 0 Å². The van der Waals surface area contributed by atoms with Crippen molar-refractivity contribution in [2.24, 2.45) is 5.41 Å². The summed E-state index contributed by atoms with van der Waals surface area (Å²) < 4.78 is 6.52. The Balaban J connectivity index is 2.79. The summed E-state index contributed by atoms with van der Waals surface area (Å²) in [4.78, 5) is 0. The van der Waals surface area contributed by atoms with Gasteiger partial charge in [-0.3, -0.25) is 0 Å². The molecule has 1 N–H and O–H groups in total. The van der Waals surface area contributed by atoms with Crippen LogP contribution in [0, 0.1) is 5.41 Å². The standard InChI is InChI=1S/C14H21BrClNO/c1-5-18-13-11(15)8-10(16)9-12(13)17-7-6-14(2,3)4/h8-9,17H,5-7H2,1-4H3. The van der Waals surface area contributed by atoms with Crippen molar-refractivity contribution in [3.63, 3.8) is 0 Å². The van der Waals surface area contributed by atoms with Gasteiger partial charge in [0.25, 0.3) is 0 Å². The van der Waals surface area contributed by atoms with Gasteiger partial charge < -0.3 is 10.1 Å². The van der Waals surface area contributed by atoms with Crippen LogP contribution in [-0.4, -0.2) is 13.2 Å². The molecule has 0 heterocycles. The summed E-state index contributed by atoms with van der Waals surface area (Å²) >= 11 is 9.55. The number of anilines is 1. The van der Waals surface area contributed by atoms with E-state index in [1.54, 1.807) is 0 Å². The molecule has 1 rings (SSSR count). The normalized spacial score (nSPS) is 11.4. The van der Waals surface area contributed by atoms with Crippen molar-refractivity contribution in [3.05, 3.63) is 21.6 Å². The lowest BCUT2D eigenvalue weighted by atomic mass is 9.92. The third kappa shape index (κ3) is 5.07. The molecule has 1 aromatic rings. The number of benzene rings is 1. The molecular weight excluding hydrogens is 314 g/mol. The van der Waals surface area contributed by atoms with Gasteiger partial charge in [-0.15, -0.1) is 0 Å². The van der Waals surface area contributed by atoms with E-state index in [4.69, 9.17) is 16.3 Å². The summed E-state index contributed by atoms with van der Waals surface area (Å²) in [5, 5.41) is 4.09. The quantitative estimate of drug-likeness (QED) is 0.783.